The zero-order valence-corrected chi connectivity index (χ0v) is 86.5. The maximum Gasteiger partial charge on any atom is 0.511 e. The zero-order valence-electron chi connectivity index (χ0n) is 82.7. The van der Waals surface area contributed by atoms with Crippen LogP contribution in [0.2, 0.25) is 20.1 Å². The molecule has 0 aliphatic heterocycles. The van der Waals surface area contributed by atoms with Gasteiger partial charge >= 0.3 is 24.6 Å². The summed E-state index contributed by atoms with van der Waals surface area (Å²) in [6, 6.07) is 39.6. The fraction of sp³-hybridized carbons (Fsp3) is 0.485. The van der Waals surface area contributed by atoms with Crippen molar-refractivity contribution < 1.29 is 76.0 Å². The third-order valence-electron chi connectivity index (χ3n) is 20.5. The van der Waals surface area contributed by atoms with E-state index in [0.717, 1.165) is 47.9 Å². The molecular formula is C101H129Cl5N12O16. The second-order valence-electron chi connectivity index (χ2n) is 36.4. The molecule has 4 heterocycles. The highest BCUT2D eigenvalue weighted by Gasteiger charge is 2.33. The summed E-state index contributed by atoms with van der Waals surface area (Å²) in [5.41, 5.74) is 11.9. The first-order chi connectivity index (χ1) is 62.6. The van der Waals surface area contributed by atoms with Gasteiger partial charge in [0.25, 0.3) is 0 Å². The van der Waals surface area contributed by atoms with Crippen LogP contribution in [0.1, 0.15) is 268 Å². The van der Waals surface area contributed by atoms with E-state index in [2.05, 4.69) is 128 Å². The van der Waals surface area contributed by atoms with Crippen LogP contribution < -0.4 is 0 Å². The van der Waals surface area contributed by atoms with E-state index in [4.69, 9.17) is 115 Å². The van der Waals surface area contributed by atoms with E-state index in [0.29, 0.717) is 93.8 Å². The topological polar surface area (TPSA) is 345 Å². The number of alkyl halides is 1. The average Bonchev–Trinajstić information content (AvgIpc) is 1.62. The standard InChI is InChI=1S/3C26H34ClN3O4.C23H27Cl2N3O4/c1-16(2)13-14-32-25(31)34-18(4)33-24(23-22(27)17(3)29-30(23)8)21(15-28)19-9-11-20(12-10-19)26(5,6)7;1-9-16(2)15-32-25(31)34-18(4)33-24(23-22(27)17(3)29-30(23)8)21(14-28)19-10-12-20(13-11-19)26(5,6)7;1-9-10-16(2)32-25(31)34-18(4)33-24(23-22(27)17(3)29-30(23)8)21(15-28)19-11-13-20(14-12-19)26(5,6)7;1-14-19(25)20(28(6)27-14)21(31-15(2)32-22(29)30-12-11-24)18(13-26)16-7-9-17(10-8-16)23(3,4)5/h9-12,16,18H,13-14H2,1-8H3;10-13,16,18H,9,15H2,1-8H3;11-14,16,18H,9-10H2,1-8H3;7-10,15H,11-12H2,1-6H3/b3*24-21-;21-18-. The van der Waals surface area contributed by atoms with Gasteiger partial charge in [-0.05, 0) is 125 Å². The number of hydrogen-bond acceptors (Lipinski definition) is 24. The largest absolute Gasteiger partial charge is 0.511 e. The number of rotatable bonds is 31. The summed E-state index contributed by atoms with van der Waals surface area (Å²) < 4.78 is 71.4. The molecule has 4 aromatic carbocycles. The van der Waals surface area contributed by atoms with Crippen LogP contribution in [-0.4, -0.2) is 121 Å². The monoisotopic (exact) mass is 1940 g/mol. The fourth-order valence-electron chi connectivity index (χ4n) is 12.9. The van der Waals surface area contributed by atoms with Gasteiger partial charge in [0.05, 0.1) is 62.0 Å². The van der Waals surface area contributed by atoms with Crippen molar-refractivity contribution in [2.75, 3.05) is 25.7 Å². The highest BCUT2D eigenvalue weighted by atomic mass is 35.5. The minimum absolute atomic E-state index is 0.00608. The predicted octanol–water partition coefficient (Wildman–Crippen LogP) is 25.9. The van der Waals surface area contributed by atoms with Crippen molar-refractivity contribution in [3.05, 3.63) is 207 Å². The van der Waals surface area contributed by atoms with E-state index in [1.807, 2.05) is 132 Å². The van der Waals surface area contributed by atoms with Crippen LogP contribution in [-0.2, 0) is 107 Å². The fourth-order valence-corrected chi connectivity index (χ4v) is 13.9. The molecule has 0 bridgehead atoms. The summed E-state index contributed by atoms with van der Waals surface area (Å²) >= 11 is 31.6. The molecule has 724 valence electrons. The lowest BCUT2D eigenvalue weighted by Gasteiger charge is -2.21. The van der Waals surface area contributed by atoms with Crippen LogP contribution in [0.25, 0.3) is 45.3 Å². The molecular weight excluding hydrogens is 1810 g/mol. The van der Waals surface area contributed by atoms with Crippen LogP contribution in [0, 0.1) is 84.9 Å². The molecule has 28 nitrogen and oxygen atoms in total. The average molecular weight is 1940 g/mol. The molecule has 0 saturated carbocycles. The number of nitrogens with zero attached hydrogens (tertiary/aromatic N) is 12. The van der Waals surface area contributed by atoms with E-state index >= 15 is 0 Å². The molecule has 0 fully saturated rings. The second-order valence-corrected chi connectivity index (χ2v) is 38.3. The van der Waals surface area contributed by atoms with Gasteiger partial charge in [-0.3, -0.25) is 18.7 Å². The summed E-state index contributed by atoms with van der Waals surface area (Å²) in [5, 5.41) is 59.1. The zero-order chi connectivity index (χ0) is 101. The van der Waals surface area contributed by atoms with Crippen molar-refractivity contribution in [2.45, 2.75) is 259 Å². The SMILES string of the molecule is CCC(C)COC(=O)OC(C)O/C(=C(/C#N)c1ccc(C(C)(C)C)cc1)c1c(Cl)c(C)nn1C.CCCC(C)OC(=O)OC(C)O/C(=C(/C#N)c1ccc(C(C)(C)C)cc1)c1c(Cl)c(C)nn1C.Cc1nn(C)c(/C(OC(C)OC(=O)OCCC(C)C)=C(\C#N)c2ccc(C(C)(C)C)cc2)c1Cl.Cc1nn(C)c(/C(OC(C)OC(=O)OCCCl)=C(\C#N)c2ccc(C(C)(C)C)cc2)c1Cl. The Morgan fingerprint density at radius 1 is 0.358 bits per heavy atom. The first kappa shape index (κ1) is 113. The molecule has 0 N–H and O–H groups in total. The van der Waals surface area contributed by atoms with Gasteiger partial charge in [-0.2, -0.15) is 41.4 Å². The molecule has 6 atom stereocenters. The number of allylic oxidation sites excluding steroid dienone is 4. The highest BCUT2D eigenvalue weighted by molar-refractivity contribution is 6.34. The number of carbonyl (C=O) groups is 4. The third-order valence-corrected chi connectivity index (χ3v) is 22.5. The van der Waals surface area contributed by atoms with E-state index in [1.54, 1.807) is 97.6 Å². The van der Waals surface area contributed by atoms with E-state index < -0.39 is 49.8 Å². The lowest BCUT2D eigenvalue weighted by atomic mass is 9.86. The van der Waals surface area contributed by atoms with Gasteiger partial charge in [-0.1, -0.05) is 274 Å². The molecule has 8 aromatic rings. The van der Waals surface area contributed by atoms with Crippen LogP contribution in [0.15, 0.2) is 97.1 Å². The van der Waals surface area contributed by atoms with Gasteiger partial charge in [-0.25, -0.2) is 19.2 Å². The Kier molecular flexibility index (Phi) is 43.1. The Hall–Kier alpha value is -11.6. The van der Waals surface area contributed by atoms with Crippen LogP contribution >= 0.6 is 58.0 Å². The quantitative estimate of drug-likeness (QED) is 0.00972. The van der Waals surface area contributed by atoms with Crippen molar-refractivity contribution in [2.24, 2.45) is 40.0 Å². The molecule has 33 heteroatoms. The molecule has 8 rings (SSSR count). The number of aryl methyl sites for hydroxylation is 8. The van der Waals surface area contributed by atoms with Gasteiger partial charge in [0.15, 0.2) is 23.0 Å². The Labute approximate surface area is 814 Å². The maximum atomic E-state index is 12.2. The van der Waals surface area contributed by atoms with E-state index in [-0.39, 0.29) is 105 Å². The highest BCUT2D eigenvalue weighted by Crippen LogP contribution is 2.41. The first-order valence-electron chi connectivity index (χ1n) is 44.0. The normalized spacial score (nSPS) is 13.6. The van der Waals surface area contributed by atoms with Gasteiger partial charge in [0, 0.05) is 55.9 Å². The number of aromatic nitrogens is 8. The molecule has 0 radical (unpaired) electrons. The number of halogens is 5. The van der Waals surface area contributed by atoms with Gasteiger partial charge in [0.2, 0.25) is 25.2 Å². The predicted molar refractivity (Wildman–Crippen MR) is 523 cm³/mol. The Morgan fingerprint density at radius 2 is 0.597 bits per heavy atom. The summed E-state index contributed by atoms with van der Waals surface area (Å²) in [5.74, 6) is 1.40. The Balaban J connectivity index is 0.000000316. The number of nitriles is 4. The lowest BCUT2D eigenvalue weighted by Crippen LogP contribution is -2.22. The minimum Gasteiger partial charge on any atom is -0.451 e. The molecule has 0 spiro atoms. The molecule has 134 heavy (non-hydrogen) atoms. The Morgan fingerprint density at radius 3 is 0.799 bits per heavy atom. The minimum atomic E-state index is -1.07. The van der Waals surface area contributed by atoms with Crippen LogP contribution in [0.5, 0.6) is 0 Å². The molecule has 0 amide bonds. The van der Waals surface area contributed by atoms with Crippen molar-refractivity contribution in [1.82, 2.24) is 39.1 Å². The number of benzene rings is 4. The summed E-state index contributed by atoms with van der Waals surface area (Å²) in [6.07, 6.45) is -4.71. The number of hydrogen-bond donors (Lipinski definition) is 0. The van der Waals surface area contributed by atoms with Crippen LogP contribution in [0.4, 0.5) is 19.2 Å². The van der Waals surface area contributed by atoms with Crippen molar-refractivity contribution in [1.29, 1.82) is 21.0 Å². The maximum absolute atomic E-state index is 12.2. The smallest absolute Gasteiger partial charge is 0.451 e. The molecule has 0 saturated heterocycles. The Bertz CT molecular complexity index is 5630. The van der Waals surface area contributed by atoms with E-state index in [9.17, 15) is 40.2 Å². The molecule has 4 aromatic heterocycles. The van der Waals surface area contributed by atoms with Crippen molar-refractivity contribution in [3.8, 4) is 24.3 Å². The van der Waals surface area contributed by atoms with Gasteiger partial charge in [-0.15, -0.1) is 11.6 Å². The summed E-state index contributed by atoms with van der Waals surface area (Å²) in [4.78, 5) is 48.2. The van der Waals surface area contributed by atoms with Crippen molar-refractivity contribution >= 4 is 128 Å². The molecule has 0 aliphatic rings. The van der Waals surface area contributed by atoms with Crippen LogP contribution in [0.3, 0.4) is 0 Å². The summed E-state index contributed by atoms with van der Waals surface area (Å²) in [6.45, 7) is 51.0. The second kappa shape index (κ2) is 51.2. The van der Waals surface area contributed by atoms with Gasteiger partial charge < -0.3 is 56.8 Å². The molecule has 6 unspecified atom stereocenters. The number of carbonyl (C=O) groups excluding carboxylic acids is 4. The van der Waals surface area contributed by atoms with Gasteiger partial charge in [0.1, 0.15) is 82.1 Å². The number of ether oxygens (including phenoxy) is 12. The lowest BCUT2D eigenvalue weighted by molar-refractivity contribution is -0.0760. The van der Waals surface area contributed by atoms with E-state index in [1.165, 1.54) is 11.6 Å². The summed E-state index contributed by atoms with van der Waals surface area (Å²) in [7, 11) is 6.82. The third kappa shape index (κ3) is 32.9. The molecule has 0 aliphatic carbocycles. The first-order valence-corrected chi connectivity index (χ1v) is 46.0. The van der Waals surface area contributed by atoms with Crippen molar-refractivity contribution in [3.63, 3.8) is 0 Å².